The molecule has 0 saturated carbocycles. The Labute approximate surface area is 173 Å². The third kappa shape index (κ3) is 3.24. The average Bonchev–Trinajstić information content (AvgIpc) is 2.78. The Morgan fingerprint density at radius 2 is 1.76 bits per heavy atom. The van der Waals surface area contributed by atoms with E-state index < -0.39 is 0 Å². The second-order valence-electron chi connectivity index (χ2n) is 6.98. The summed E-state index contributed by atoms with van der Waals surface area (Å²) in [6, 6.07) is 16.4. The molecule has 0 radical (unpaired) electrons. The highest BCUT2D eigenvalue weighted by Gasteiger charge is 2.19. The lowest BCUT2D eigenvalue weighted by atomic mass is 10.0. The van der Waals surface area contributed by atoms with Gasteiger partial charge in [0.1, 0.15) is 5.82 Å². The molecule has 6 nitrogen and oxygen atoms in total. The molecular weight excluding hydrogens is 386 g/mol. The maximum atomic E-state index is 6.52. The molecule has 0 atom stereocenters. The van der Waals surface area contributed by atoms with Gasteiger partial charge in [0, 0.05) is 42.2 Å². The number of aromatic nitrogens is 3. The second-order valence-corrected chi connectivity index (χ2v) is 7.39. The fourth-order valence-electron chi connectivity index (χ4n) is 3.84. The van der Waals surface area contributed by atoms with Gasteiger partial charge in [-0.2, -0.15) is 9.97 Å². The minimum Gasteiger partial charge on any atom is -0.467 e. The van der Waals surface area contributed by atoms with Crippen molar-refractivity contribution in [3.8, 4) is 17.3 Å². The van der Waals surface area contributed by atoms with Crippen molar-refractivity contribution in [1.82, 2.24) is 20.3 Å². The van der Waals surface area contributed by atoms with E-state index in [1.165, 1.54) is 0 Å². The molecule has 5 rings (SSSR count). The van der Waals surface area contributed by atoms with Gasteiger partial charge in [-0.05, 0) is 23.6 Å². The van der Waals surface area contributed by atoms with Crippen LogP contribution in [0.1, 0.15) is 0 Å². The quantitative estimate of drug-likeness (QED) is 0.557. The molecule has 29 heavy (non-hydrogen) atoms. The highest BCUT2D eigenvalue weighted by molar-refractivity contribution is 6.36. The van der Waals surface area contributed by atoms with Crippen LogP contribution in [-0.2, 0) is 0 Å². The number of nitrogens with zero attached hydrogens (tertiary/aromatic N) is 4. The van der Waals surface area contributed by atoms with E-state index in [0.717, 1.165) is 59.4 Å². The summed E-state index contributed by atoms with van der Waals surface area (Å²) in [5, 5.41) is 7.07. The van der Waals surface area contributed by atoms with Crippen LogP contribution in [0.5, 0.6) is 6.01 Å². The monoisotopic (exact) mass is 405 g/mol. The predicted octanol–water partition coefficient (Wildman–Crippen LogP) is 3.92. The van der Waals surface area contributed by atoms with Crippen molar-refractivity contribution in [2.24, 2.45) is 0 Å². The third-order valence-corrected chi connectivity index (χ3v) is 5.56. The molecule has 4 aromatic rings. The Balaban J connectivity index is 1.70. The summed E-state index contributed by atoms with van der Waals surface area (Å²) < 4.78 is 5.36. The van der Waals surface area contributed by atoms with Crippen molar-refractivity contribution in [3.05, 3.63) is 53.6 Å². The number of fused-ring (bicyclic) bond motifs is 2. The molecule has 1 saturated heterocycles. The Morgan fingerprint density at radius 1 is 0.966 bits per heavy atom. The fourth-order valence-corrected chi connectivity index (χ4v) is 4.13. The van der Waals surface area contributed by atoms with Gasteiger partial charge in [-0.3, -0.25) is 0 Å². The van der Waals surface area contributed by atoms with E-state index in [-0.39, 0.29) is 0 Å². The summed E-state index contributed by atoms with van der Waals surface area (Å²) in [7, 11) is 1.58. The maximum absolute atomic E-state index is 6.52. The van der Waals surface area contributed by atoms with Crippen LogP contribution in [0.3, 0.4) is 0 Å². The van der Waals surface area contributed by atoms with E-state index in [1.54, 1.807) is 7.11 Å². The molecular formula is C22H20ClN5O. The number of anilines is 1. The predicted molar refractivity (Wildman–Crippen MR) is 117 cm³/mol. The summed E-state index contributed by atoms with van der Waals surface area (Å²) in [6.07, 6.45) is 0. The smallest absolute Gasteiger partial charge is 0.320 e. The number of pyridine rings is 1. The summed E-state index contributed by atoms with van der Waals surface area (Å²) in [5.41, 5.74) is 2.42. The summed E-state index contributed by atoms with van der Waals surface area (Å²) >= 11 is 6.52. The topological polar surface area (TPSA) is 63.2 Å². The number of rotatable bonds is 3. The fraction of sp³-hybridized carbons (Fsp3) is 0.227. The zero-order valence-electron chi connectivity index (χ0n) is 16.0. The minimum atomic E-state index is 0.326. The molecule has 0 amide bonds. The van der Waals surface area contributed by atoms with E-state index in [4.69, 9.17) is 21.3 Å². The maximum Gasteiger partial charge on any atom is 0.320 e. The first-order valence-electron chi connectivity index (χ1n) is 9.60. The van der Waals surface area contributed by atoms with Gasteiger partial charge in [-0.15, -0.1) is 0 Å². The van der Waals surface area contributed by atoms with E-state index >= 15 is 0 Å². The van der Waals surface area contributed by atoms with Gasteiger partial charge in [0.15, 0.2) is 5.65 Å². The number of methoxy groups -OCH3 is 1. The highest BCUT2D eigenvalue weighted by atomic mass is 35.5. The van der Waals surface area contributed by atoms with Crippen molar-refractivity contribution < 1.29 is 4.74 Å². The van der Waals surface area contributed by atoms with E-state index in [2.05, 4.69) is 32.3 Å². The minimum absolute atomic E-state index is 0.326. The van der Waals surface area contributed by atoms with Crippen LogP contribution < -0.4 is 15.0 Å². The lowest BCUT2D eigenvalue weighted by Gasteiger charge is -2.29. The number of benzene rings is 2. The average molecular weight is 406 g/mol. The van der Waals surface area contributed by atoms with Crippen LogP contribution in [0.15, 0.2) is 48.5 Å². The van der Waals surface area contributed by atoms with Gasteiger partial charge in [-0.25, -0.2) is 4.98 Å². The largest absolute Gasteiger partial charge is 0.467 e. The summed E-state index contributed by atoms with van der Waals surface area (Å²) in [6.45, 7) is 3.62. The Morgan fingerprint density at radius 3 is 2.55 bits per heavy atom. The second kappa shape index (κ2) is 7.46. The SMILES string of the molecule is COc1nc(N2CCNCC2)c2ccc(-c3cccc4cccc(Cl)c34)nc2n1. The number of hydrogen-bond donors (Lipinski definition) is 1. The van der Waals surface area contributed by atoms with Crippen molar-refractivity contribution in [1.29, 1.82) is 0 Å². The van der Waals surface area contributed by atoms with Crippen LogP contribution in [-0.4, -0.2) is 48.2 Å². The Bertz CT molecular complexity index is 1200. The molecule has 7 heteroatoms. The third-order valence-electron chi connectivity index (χ3n) is 5.25. The lowest BCUT2D eigenvalue weighted by molar-refractivity contribution is 0.381. The summed E-state index contributed by atoms with van der Waals surface area (Å²) in [5.74, 6) is 0.864. The molecule has 0 spiro atoms. The molecule has 1 fully saturated rings. The molecule has 0 unspecified atom stereocenters. The first-order valence-corrected chi connectivity index (χ1v) is 9.98. The van der Waals surface area contributed by atoms with Gasteiger partial charge in [0.2, 0.25) is 0 Å². The van der Waals surface area contributed by atoms with Crippen molar-refractivity contribution in [3.63, 3.8) is 0 Å². The Hall–Kier alpha value is -2.96. The van der Waals surface area contributed by atoms with Gasteiger partial charge in [0.25, 0.3) is 0 Å². The molecule has 3 heterocycles. The molecule has 1 aliphatic rings. The zero-order valence-corrected chi connectivity index (χ0v) is 16.8. The van der Waals surface area contributed by atoms with Gasteiger partial charge < -0.3 is 15.0 Å². The summed E-state index contributed by atoms with van der Waals surface area (Å²) in [4.78, 5) is 16.2. The van der Waals surface area contributed by atoms with Crippen LogP contribution >= 0.6 is 11.6 Å². The molecule has 0 aliphatic carbocycles. The molecule has 146 valence electrons. The molecule has 0 bridgehead atoms. The highest BCUT2D eigenvalue weighted by Crippen LogP contribution is 2.34. The molecule has 1 N–H and O–H groups in total. The number of piperazine rings is 1. The molecule has 2 aromatic heterocycles. The molecule has 2 aromatic carbocycles. The Kier molecular flexibility index (Phi) is 4.66. The van der Waals surface area contributed by atoms with Crippen LogP contribution in [0, 0.1) is 0 Å². The molecule has 1 aliphatic heterocycles. The van der Waals surface area contributed by atoms with Crippen LogP contribution in [0.2, 0.25) is 5.02 Å². The van der Waals surface area contributed by atoms with Gasteiger partial charge >= 0.3 is 6.01 Å². The lowest BCUT2D eigenvalue weighted by Crippen LogP contribution is -2.44. The number of nitrogens with one attached hydrogen (secondary N) is 1. The van der Waals surface area contributed by atoms with Gasteiger partial charge in [0.05, 0.1) is 18.2 Å². The normalized spacial score (nSPS) is 14.5. The number of halogens is 1. The zero-order chi connectivity index (χ0) is 19.8. The number of hydrogen-bond acceptors (Lipinski definition) is 6. The first kappa shape index (κ1) is 18.1. The van der Waals surface area contributed by atoms with E-state index in [0.29, 0.717) is 16.7 Å². The van der Waals surface area contributed by atoms with Crippen molar-refractivity contribution >= 4 is 39.2 Å². The standard InChI is InChI=1S/C22H20ClN5O/c1-29-22-26-20-16(21(27-22)28-12-10-24-11-13-28)8-9-18(25-20)15-6-2-4-14-5-3-7-17(23)19(14)15/h2-9,24H,10-13H2,1H3. The van der Waals surface area contributed by atoms with Gasteiger partial charge in [-0.1, -0.05) is 41.9 Å². The van der Waals surface area contributed by atoms with Crippen LogP contribution in [0.25, 0.3) is 33.1 Å². The number of ether oxygens (including phenoxy) is 1. The van der Waals surface area contributed by atoms with Crippen LogP contribution in [0.4, 0.5) is 5.82 Å². The first-order chi connectivity index (χ1) is 14.2. The van der Waals surface area contributed by atoms with E-state index in [1.807, 2.05) is 36.4 Å². The van der Waals surface area contributed by atoms with Crippen molar-refractivity contribution in [2.45, 2.75) is 0 Å². The van der Waals surface area contributed by atoms with Crippen molar-refractivity contribution in [2.75, 3.05) is 38.2 Å². The van der Waals surface area contributed by atoms with E-state index in [9.17, 15) is 0 Å².